The van der Waals surface area contributed by atoms with Gasteiger partial charge in [0.25, 0.3) is 11.8 Å². The van der Waals surface area contributed by atoms with Crippen molar-refractivity contribution in [3.05, 3.63) is 54.1 Å². The number of carbonyl (C=O) groups excluding carboxylic acids is 2. The van der Waals surface area contributed by atoms with Gasteiger partial charge in [0.05, 0.1) is 0 Å². The van der Waals surface area contributed by atoms with E-state index in [1.807, 2.05) is 6.07 Å². The van der Waals surface area contributed by atoms with Crippen LogP contribution >= 0.6 is 0 Å². The predicted octanol–water partition coefficient (Wildman–Crippen LogP) is 0.622. The van der Waals surface area contributed by atoms with Crippen molar-refractivity contribution in [2.24, 2.45) is 5.73 Å². The molecule has 0 saturated heterocycles. The van der Waals surface area contributed by atoms with Crippen LogP contribution in [0.4, 0.5) is 0 Å². The summed E-state index contributed by atoms with van der Waals surface area (Å²) >= 11 is 0. The first-order valence-electron chi connectivity index (χ1n) is 6.89. The number of amides is 2. The Morgan fingerprint density at radius 1 is 1.09 bits per heavy atom. The Morgan fingerprint density at radius 2 is 1.78 bits per heavy atom. The molecule has 7 nitrogen and oxygen atoms in total. The van der Waals surface area contributed by atoms with Gasteiger partial charge < -0.3 is 16.2 Å². The molecule has 0 fully saturated rings. The van der Waals surface area contributed by atoms with Crippen LogP contribution in [0.5, 0.6) is 5.75 Å². The van der Waals surface area contributed by atoms with Crippen molar-refractivity contribution >= 4 is 11.8 Å². The zero-order chi connectivity index (χ0) is 16.8. The SMILES string of the molecule is NC[C@H](NC(=O)c1ccc(-c2cccc(O)c2)cc1)C(=O)NO. The molecule has 120 valence electrons. The lowest BCUT2D eigenvalue weighted by Gasteiger charge is -2.14. The molecule has 0 aromatic heterocycles. The van der Waals surface area contributed by atoms with Crippen LogP contribution < -0.4 is 16.5 Å². The Hall–Kier alpha value is -2.90. The smallest absolute Gasteiger partial charge is 0.267 e. The van der Waals surface area contributed by atoms with Crippen LogP contribution in [0.1, 0.15) is 10.4 Å². The summed E-state index contributed by atoms with van der Waals surface area (Å²) in [5.41, 5.74) is 8.83. The van der Waals surface area contributed by atoms with Gasteiger partial charge in [-0.3, -0.25) is 14.8 Å². The van der Waals surface area contributed by atoms with Crippen LogP contribution in [0.15, 0.2) is 48.5 Å². The van der Waals surface area contributed by atoms with E-state index in [0.717, 1.165) is 11.1 Å². The fraction of sp³-hybridized carbons (Fsp3) is 0.125. The lowest BCUT2D eigenvalue weighted by molar-refractivity contribution is -0.130. The van der Waals surface area contributed by atoms with Gasteiger partial charge in [0.2, 0.25) is 0 Å². The lowest BCUT2D eigenvalue weighted by atomic mass is 10.0. The van der Waals surface area contributed by atoms with Crippen molar-refractivity contribution in [2.75, 3.05) is 6.54 Å². The molecule has 0 aliphatic rings. The number of hydrogen-bond donors (Lipinski definition) is 5. The molecule has 1 atom stereocenters. The summed E-state index contributed by atoms with van der Waals surface area (Å²) in [4.78, 5) is 23.4. The van der Waals surface area contributed by atoms with E-state index in [1.54, 1.807) is 42.5 Å². The topological polar surface area (TPSA) is 125 Å². The number of phenolic OH excluding ortho intramolecular Hbond substituents is 1. The van der Waals surface area contributed by atoms with E-state index in [1.165, 1.54) is 5.48 Å². The highest BCUT2D eigenvalue weighted by atomic mass is 16.5. The number of nitrogens with two attached hydrogens (primary N) is 1. The van der Waals surface area contributed by atoms with Crippen molar-refractivity contribution in [1.29, 1.82) is 0 Å². The maximum Gasteiger partial charge on any atom is 0.267 e. The van der Waals surface area contributed by atoms with Gasteiger partial charge in [0, 0.05) is 12.1 Å². The van der Waals surface area contributed by atoms with E-state index in [2.05, 4.69) is 5.32 Å². The van der Waals surface area contributed by atoms with Gasteiger partial charge >= 0.3 is 0 Å². The summed E-state index contributed by atoms with van der Waals surface area (Å²) in [5, 5.41) is 20.5. The van der Waals surface area contributed by atoms with Crippen LogP contribution in [0.3, 0.4) is 0 Å². The molecule has 23 heavy (non-hydrogen) atoms. The Kier molecular flexibility index (Phi) is 5.29. The molecule has 2 aromatic rings. The van der Waals surface area contributed by atoms with Gasteiger partial charge in [-0.25, -0.2) is 5.48 Å². The van der Waals surface area contributed by atoms with Gasteiger partial charge in [-0.05, 0) is 35.4 Å². The molecular weight excluding hydrogens is 298 g/mol. The molecule has 7 heteroatoms. The Morgan fingerprint density at radius 3 is 2.35 bits per heavy atom. The number of hydrogen-bond acceptors (Lipinski definition) is 5. The average molecular weight is 315 g/mol. The minimum absolute atomic E-state index is 0.139. The van der Waals surface area contributed by atoms with Crippen molar-refractivity contribution in [1.82, 2.24) is 10.8 Å². The second-order valence-electron chi connectivity index (χ2n) is 4.87. The Balaban J connectivity index is 2.13. The van der Waals surface area contributed by atoms with Crippen molar-refractivity contribution in [3.63, 3.8) is 0 Å². The molecule has 0 saturated carbocycles. The average Bonchev–Trinajstić information content (AvgIpc) is 2.59. The first kappa shape index (κ1) is 16.5. The molecule has 0 spiro atoms. The molecule has 2 aromatic carbocycles. The number of benzene rings is 2. The summed E-state index contributed by atoms with van der Waals surface area (Å²) in [6.07, 6.45) is 0. The molecule has 0 aliphatic heterocycles. The zero-order valence-electron chi connectivity index (χ0n) is 12.2. The van der Waals surface area contributed by atoms with Gasteiger partial charge in [0.1, 0.15) is 11.8 Å². The monoisotopic (exact) mass is 315 g/mol. The summed E-state index contributed by atoms with van der Waals surface area (Å²) in [6.45, 7) is -0.139. The summed E-state index contributed by atoms with van der Waals surface area (Å²) in [7, 11) is 0. The highest BCUT2D eigenvalue weighted by Gasteiger charge is 2.19. The van der Waals surface area contributed by atoms with Crippen LogP contribution in [0.2, 0.25) is 0 Å². The summed E-state index contributed by atoms with van der Waals surface area (Å²) in [5.74, 6) is -1.10. The van der Waals surface area contributed by atoms with Crippen LogP contribution in [0.25, 0.3) is 11.1 Å². The Bertz CT molecular complexity index is 701. The van der Waals surface area contributed by atoms with Gasteiger partial charge in [0.15, 0.2) is 0 Å². The molecule has 0 aliphatic carbocycles. The standard InChI is InChI=1S/C16H17N3O4/c17-9-14(16(22)19-23)18-15(21)11-6-4-10(5-7-11)12-2-1-3-13(20)8-12/h1-8,14,20,23H,9,17H2,(H,18,21)(H,19,22)/t14-/m0/s1. The molecule has 2 rings (SSSR count). The summed E-state index contributed by atoms with van der Waals surface area (Å²) in [6, 6.07) is 12.4. The number of carbonyl (C=O) groups is 2. The van der Waals surface area contributed by atoms with Crippen molar-refractivity contribution < 1.29 is 19.9 Å². The van der Waals surface area contributed by atoms with E-state index in [4.69, 9.17) is 10.9 Å². The highest BCUT2D eigenvalue weighted by Crippen LogP contribution is 2.23. The molecular formula is C16H17N3O4. The number of hydroxylamine groups is 1. The van der Waals surface area contributed by atoms with E-state index in [-0.39, 0.29) is 12.3 Å². The van der Waals surface area contributed by atoms with Crippen LogP contribution in [-0.4, -0.2) is 34.7 Å². The van der Waals surface area contributed by atoms with Crippen LogP contribution in [-0.2, 0) is 4.79 Å². The third-order valence-corrected chi connectivity index (χ3v) is 3.29. The molecule has 0 unspecified atom stereocenters. The first-order chi connectivity index (χ1) is 11.0. The molecule has 0 heterocycles. The zero-order valence-corrected chi connectivity index (χ0v) is 12.2. The quantitative estimate of drug-likeness (QED) is 0.409. The second kappa shape index (κ2) is 7.39. The minimum atomic E-state index is -1.02. The number of rotatable bonds is 5. The first-order valence-corrected chi connectivity index (χ1v) is 6.89. The maximum absolute atomic E-state index is 12.1. The summed E-state index contributed by atoms with van der Waals surface area (Å²) < 4.78 is 0. The van der Waals surface area contributed by atoms with Crippen molar-refractivity contribution in [2.45, 2.75) is 6.04 Å². The van der Waals surface area contributed by atoms with Gasteiger partial charge in [-0.1, -0.05) is 24.3 Å². The number of phenols is 1. The van der Waals surface area contributed by atoms with Gasteiger partial charge in [-0.15, -0.1) is 0 Å². The van der Waals surface area contributed by atoms with Gasteiger partial charge in [-0.2, -0.15) is 0 Å². The lowest BCUT2D eigenvalue weighted by Crippen LogP contribution is -2.50. The Labute approximate surface area is 132 Å². The molecule has 2 amide bonds. The third-order valence-electron chi connectivity index (χ3n) is 3.29. The normalized spacial score (nSPS) is 11.6. The van der Waals surface area contributed by atoms with E-state index >= 15 is 0 Å². The second-order valence-corrected chi connectivity index (χ2v) is 4.87. The fourth-order valence-electron chi connectivity index (χ4n) is 2.05. The third kappa shape index (κ3) is 4.06. The van der Waals surface area contributed by atoms with E-state index in [9.17, 15) is 14.7 Å². The van der Waals surface area contributed by atoms with Crippen molar-refractivity contribution in [3.8, 4) is 16.9 Å². The highest BCUT2D eigenvalue weighted by molar-refractivity contribution is 5.97. The maximum atomic E-state index is 12.1. The fourth-order valence-corrected chi connectivity index (χ4v) is 2.05. The number of aromatic hydroxyl groups is 1. The van der Waals surface area contributed by atoms with Crippen LogP contribution in [0, 0.1) is 0 Å². The van der Waals surface area contributed by atoms with E-state index in [0.29, 0.717) is 5.56 Å². The molecule has 6 N–H and O–H groups in total. The molecule has 0 bridgehead atoms. The van der Waals surface area contributed by atoms with E-state index < -0.39 is 17.9 Å². The number of nitrogens with one attached hydrogen (secondary N) is 2. The predicted molar refractivity (Wildman–Crippen MR) is 83.8 cm³/mol. The molecule has 0 radical (unpaired) electrons. The minimum Gasteiger partial charge on any atom is -0.508 e. The largest absolute Gasteiger partial charge is 0.508 e.